The zero-order chi connectivity index (χ0) is 16.1. The summed E-state index contributed by atoms with van der Waals surface area (Å²) in [5.74, 6) is 1.40. The number of nitrogens with zero attached hydrogens (tertiary/aromatic N) is 2. The maximum absolute atomic E-state index is 12.2. The van der Waals surface area contributed by atoms with Crippen molar-refractivity contribution in [1.29, 1.82) is 0 Å². The van der Waals surface area contributed by atoms with Gasteiger partial charge in [-0.05, 0) is 18.2 Å². The number of benzene rings is 1. The monoisotopic (exact) mass is 321 g/mol. The highest BCUT2D eigenvalue weighted by Gasteiger charge is 2.12. The number of hydrogen-bond acceptors (Lipinski definition) is 7. The number of carbonyl (C=O) groups excluding carboxylic acids is 1. The lowest BCUT2D eigenvalue weighted by atomic mass is 10.1. The Morgan fingerprint density at radius 2 is 1.95 bits per heavy atom. The topological polar surface area (TPSA) is 73.3 Å². The van der Waals surface area contributed by atoms with E-state index in [1.54, 1.807) is 32.4 Å². The van der Waals surface area contributed by atoms with Crippen LogP contribution < -0.4 is 14.8 Å². The largest absolute Gasteiger partial charge is 0.493 e. The molecule has 0 atom stereocenters. The van der Waals surface area contributed by atoms with Gasteiger partial charge in [-0.3, -0.25) is 4.79 Å². The van der Waals surface area contributed by atoms with Gasteiger partial charge in [-0.15, -0.1) is 10.2 Å². The second kappa shape index (κ2) is 7.22. The molecule has 0 fully saturated rings. The first kappa shape index (κ1) is 16.2. The molecule has 1 heterocycles. The van der Waals surface area contributed by atoms with Gasteiger partial charge in [0.2, 0.25) is 5.13 Å². The molecule has 0 aliphatic carbocycles. The van der Waals surface area contributed by atoms with Gasteiger partial charge < -0.3 is 14.8 Å². The molecule has 0 spiro atoms. The number of ketones is 1. The molecule has 2 aromatic rings. The average molecular weight is 321 g/mol. The van der Waals surface area contributed by atoms with Gasteiger partial charge in [0.05, 0.1) is 20.8 Å². The van der Waals surface area contributed by atoms with E-state index in [4.69, 9.17) is 9.47 Å². The van der Waals surface area contributed by atoms with Crippen molar-refractivity contribution in [2.24, 2.45) is 0 Å². The van der Waals surface area contributed by atoms with E-state index in [0.29, 0.717) is 28.1 Å². The zero-order valence-corrected chi connectivity index (χ0v) is 13.9. The molecule has 6 nitrogen and oxygen atoms in total. The van der Waals surface area contributed by atoms with Crippen molar-refractivity contribution in [3.05, 3.63) is 28.8 Å². The lowest BCUT2D eigenvalue weighted by molar-refractivity contribution is 0.101. The number of rotatable bonds is 7. The van der Waals surface area contributed by atoms with Crippen LogP contribution in [0.25, 0.3) is 0 Å². The van der Waals surface area contributed by atoms with Crippen LogP contribution in [0.1, 0.15) is 35.1 Å². The molecule has 0 saturated heterocycles. The van der Waals surface area contributed by atoms with Crippen molar-refractivity contribution < 1.29 is 14.3 Å². The third kappa shape index (κ3) is 3.73. The SMILES string of the molecule is COc1ccc(C(=O)CNc2nnc(C(C)C)s2)cc1OC. The Balaban J connectivity index is 2.02. The number of ether oxygens (including phenoxy) is 2. The van der Waals surface area contributed by atoms with Gasteiger partial charge in [0, 0.05) is 11.5 Å². The number of aromatic nitrogens is 2. The van der Waals surface area contributed by atoms with Crippen LogP contribution >= 0.6 is 11.3 Å². The summed E-state index contributed by atoms with van der Waals surface area (Å²) < 4.78 is 10.4. The number of Topliss-reactive ketones (excluding diaryl/α,β-unsaturated/α-hetero) is 1. The summed E-state index contributed by atoms with van der Waals surface area (Å²) in [6.45, 7) is 4.26. The Hall–Kier alpha value is -2.15. The minimum atomic E-state index is -0.0535. The van der Waals surface area contributed by atoms with Gasteiger partial charge in [-0.1, -0.05) is 25.2 Å². The third-order valence-electron chi connectivity index (χ3n) is 3.04. The Morgan fingerprint density at radius 3 is 2.55 bits per heavy atom. The molecule has 2 rings (SSSR count). The van der Waals surface area contributed by atoms with E-state index in [1.807, 2.05) is 0 Å². The first-order valence-corrected chi connectivity index (χ1v) is 7.69. The van der Waals surface area contributed by atoms with Crippen LogP contribution in [0.2, 0.25) is 0 Å². The molecule has 0 aliphatic rings. The quantitative estimate of drug-likeness (QED) is 0.790. The Bertz CT molecular complexity index is 655. The van der Waals surface area contributed by atoms with E-state index >= 15 is 0 Å². The Morgan fingerprint density at radius 1 is 1.23 bits per heavy atom. The van der Waals surface area contributed by atoms with E-state index in [1.165, 1.54) is 11.3 Å². The summed E-state index contributed by atoms with van der Waals surface area (Å²) in [5.41, 5.74) is 0.554. The average Bonchev–Trinajstić information content (AvgIpc) is 3.01. The molecule has 22 heavy (non-hydrogen) atoms. The number of carbonyl (C=O) groups is 1. The van der Waals surface area contributed by atoms with Crippen LogP contribution in [0.15, 0.2) is 18.2 Å². The summed E-state index contributed by atoms with van der Waals surface area (Å²) >= 11 is 1.46. The van der Waals surface area contributed by atoms with Gasteiger partial charge in [-0.25, -0.2) is 0 Å². The molecular weight excluding hydrogens is 302 g/mol. The molecule has 118 valence electrons. The predicted molar refractivity (Wildman–Crippen MR) is 86.4 cm³/mol. The first-order valence-electron chi connectivity index (χ1n) is 6.87. The van der Waals surface area contributed by atoms with Crippen LogP contribution in [0, 0.1) is 0 Å². The fraction of sp³-hybridized carbons (Fsp3) is 0.400. The molecular formula is C15H19N3O3S. The zero-order valence-electron chi connectivity index (χ0n) is 13.0. The van der Waals surface area contributed by atoms with E-state index in [0.717, 1.165) is 5.01 Å². The minimum absolute atomic E-state index is 0.0535. The van der Waals surface area contributed by atoms with E-state index in [-0.39, 0.29) is 12.3 Å². The van der Waals surface area contributed by atoms with Gasteiger partial charge in [0.15, 0.2) is 17.3 Å². The van der Waals surface area contributed by atoms with Crippen molar-refractivity contribution in [3.8, 4) is 11.5 Å². The Labute approximate surface area is 133 Å². The minimum Gasteiger partial charge on any atom is -0.493 e. The lowest BCUT2D eigenvalue weighted by Crippen LogP contribution is -2.14. The number of anilines is 1. The maximum atomic E-state index is 12.2. The van der Waals surface area contributed by atoms with Crippen LogP contribution in [-0.2, 0) is 0 Å². The second-order valence-corrected chi connectivity index (χ2v) is 5.96. The van der Waals surface area contributed by atoms with Crippen LogP contribution in [0.4, 0.5) is 5.13 Å². The van der Waals surface area contributed by atoms with Gasteiger partial charge in [0.1, 0.15) is 5.01 Å². The molecule has 0 amide bonds. The molecule has 1 aromatic heterocycles. The van der Waals surface area contributed by atoms with Gasteiger partial charge >= 0.3 is 0 Å². The summed E-state index contributed by atoms with van der Waals surface area (Å²) in [7, 11) is 3.10. The predicted octanol–water partition coefficient (Wildman–Crippen LogP) is 2.97. The number of nitrogens with one attached hydrogen (secondary N) is 1. The van der Waals surface area contributed by atoms with E-state index < -0.39 is 0 Å². The van der Waals surface area contributed by atoms with Crippen LogP contribution in [0.3, 0.4) is 0 Å². The smallest absolute Gasteiger partial charge is 0.206 e. The first-order chi connectivity index (χ1) is 10.5. The number of hydrogen-bond donors (Lipinski definition) is 1. The summed E-state index contributed by atoms with van der Waals surface area (Å²) in [6, 6.07) is 5.10. The molecule has 1 aromatic carbocycles. The molecule has 0 saturated carbocycles. The van der Waals surface area contributed by atoms with Crippen molar-refractivity contribution in [3.63, 3.8) is 0 Å². The molecule has 0 bridgehead atoms. The molecule has 0 radical (unpaired) electrons. The number of methoxy groups -OCH3 is 2. The standard InChI is InChI=1S/C15H19N3O3S/c1-9(2)14-17-18-15(22-14)16-8-11(19)10-5-6-12(20-3)13(7-10)21-4/h5-7,9H,8H2,1-4H3,(H,16,18). The van der Waals surface area contributed by atoms with Crippen molar-refractivity contribution >= 4 is 22.3 Å². The van der Waals surface area contributed by atoms with Crippen LogP contribution in [-0.4, -0.2) is 36.7 Å². The van der Waals surface area contributed by atoms with Crippen LogP contribution in [0.5, 0.6) is 11.5 Å². The lowest BCUT2D eigenvalue weighted by Gasteiger charge is -2.09. The van der Waals surface area contributed by atoms with E-state index in [2.05, 4.69) is 29.4 Å². The summed E-state index contributed by atoms with van der Waals surface area (Å²) in [5, 5.41) is 12.7. The fourth-order valence-corrected chi connectivity index (χ4v) is 2.55. The van der Waals surface area contributed by atoms with Crippen molar-refractivity contribution in [2.45, 2.75) is 19.8 Å². The Kier molecular flexibility index (Phi) is 5.32. The molecule has 7 heteroatoms. The normalized spacial score (nSPS) is 10.6. The van der Waals surface area contributed by atoms with E-state index in [9.17, 15) is 4.79 Å². The molecule has 0 aliphatic heterocycles. The second-order valence-electron chi connectivity index (χ2n) is 4.95. The third-order valence-corrected chi connectivity index (χ3v) is 4.22. The van der Waals surface area contributed by atoms with Gasteiger partial charge in [0.25, 0.3) is 0 Å². The summed E-state index contributed by atoms with van der Waals surface area (Å²) in [6.07, 6.45) is 0. The maximum Gasteiger partial charge on any atom is 0.206 e. The molecule has 0 unspecified atom stereocenters. The van der Waals surface area contributed by atoms with Crippen molar-refractivity contribution in [1.82, 2.24) is 10.2 Å². The highest BCUT2D eigenvalue weighted by atomic mass is 32.1. The fourth-order valence-electron chi connectivity index (χ4n) is 1.81. The molecule has 1 N–H and O–H groups in total. The van der Waals surface area contributed by atoms with Gasteiger partial charge in [-0.2, -0.15) is 0 Å². The highest BCUT2D eigenvalue weighted by molar-refractivity contribution is 7.15. The summed E-state index contributed by atoms with van der Waals surface area (Å²) in [4.78, 5) is 12.2. The van der Waals surface area contributed by atoms with Crippen molar-refractivity contribution in [2.75, 3.05) is 26.1 Å². The highest BCUT2D eigenvalue weighted by Crippen LogP contribution is 2.28.